The van der Waals surface area contributed by atoms with Crippen molar-refractivity contribution in [2.75, 3.05) is 7.05 Å². The van der Waals surface area contributed by atoms with Gasteiger partial charge in [-0.3, -0.25) is 0 Å². The quantitative estimate of drug-likeness (QED) is 0.856. The summed E-state index contributed by atoms with van der Waals surface area (Å²) in [7, 11) is 2.06. The number of nitrogens with one attached hydrogen (secondary N) is 1. The highest BCUT2D eigenvalue weighted by molar-refractivity contribution is 7.18. The van der Waals surface area contributed by atoms with E-state index in [0.717, 1.165) is 11.9 Å². The number of fused-ring (bicyclic) bond motifs is 1. The Labute approximate surface area is 93.3 Å². The lowest BCUT2D eigenvalue weighted by Gasteiger charge is -2.10. The summed E-state index contributed by atoms with van der Waals surface area (Å²) in [5.74, 6) is 0. The zero-order chi connectivity index (χ0) is 10.3. The molecule has 0 amide bonds. The molecule has 15 heavy (non-hydrogen) atoms. The van der Waals surface area contributed by atoms with Crippen LogP contribution in [0.5, 0.6) is 0 Å². The van der Waals surface area contributed by atoms with Gasteiger partial charge < -0.3 is 5.32 Å². The van der Waals surface area contributed by atoms with Crippen molar-refractivity contribution in [2.45, 2.75) is 24.8 Å². The Bertz CT molecular complexity index is 452. The highest BCUT2D eigenvalue weighted by atomic mass is 32.1. The Hall–Kier alpha value is -0.930. The fourth-order valence-electron chi connectivity index (χ4n) is 1.95. The van der Waals surface area contributed by atoms with Gasteiger partial charge in [0.1, 0.15) is 0 Å². The highest BCUT2D eigenvalue weighted by Crippen LogP contribution is 2.39. The summed E-state index contributed by atoms with van der Waals surface area (Å²) >= 11 is 1.83. The Kier molecular flexibility index (Phi) is 2.04. The van der Waals surface area contributed by atoms with Gasteiger partial charge in [0.15, 0.2) is 0 Å². The van der Waals surface area contributed by atoms with E-state index in [2.05, 4.69) is 41.6 Å². The molecule has 1 fully saturated rings. The third-order valence-electron chi connectivity index (χ3n) is 3.21. The summed E-state index contributed by atoms with van der Waals surface area (Å²) in [5.41, 5.74) is 1.51. The normalized spacial score (nSPS) is 18.2. The van der Waals surface area contributed by atoms with E-state index in [1.807, 2.05) is 11.3 Å². The van der Waals surface area contributed by atoms with Crippen LogP contribution in [0, 0.1) is 0 Å². The van der Waals surface area contributed by atoms with Crippen LogP contribution in [-0.2, 0) is 6.42 Å². The monoisotopic (exact) mass is 218 g/mol. The van der Waals surface area contributed by atoms with Crippen LogP contribution < -0.4 is 5.32 Å². The lowest BCUT2D eigenvalue weighted by atomic mass is 10.2. The summed E-state index contributed by atoms with van der Waals surface area (Å²) in [6.45, 7) is 0. The minimum atomic E-state index is 0.369. The molecule has 1 heterocycles. The largest absolute Gasteiger partial charge is 0.314 e. The summed E-state index contributed by atoms with van der Waals surface area (Å²) in [4.78, 5) is 4.66. The number of benzene rings is 1. The summed E-state index contributed by atoms with van der Waals surface area (Å²) < 4.78 is 1.31. The molecular formula is C12H14N2S. The van der Waals surface area contributed by atoms with E-state index in [9.17, 15) is 0 Å². The fourth-order valence-corrected chi connectivity index (χ4v) is 3.06. The van der Waals surface area contributed by atoms with Gasteiger partial charge in [0, 0.05) is 12.0 Å². The molecule has 1 saturated carbocycles. The predicted octanol–water partition coefficient (Wildman–Crippen LogP) is 2.59. The van der Waals surface area contributed by atoms with Crippen LogP contribution >= 0.6 is 11.3 Å². The number of aromatic nitrogens is 1. The maximum atomic E-state index is 4.66. The Morgan fingerprint density at radius 2 is 2.20 bits per heavy atom. The van der Waals surface area contributed by atoms with Crippen LogP contribution in [0.1, 0.15) is 17.8 Å². The molecule has 0 radical (unpaired) electrons. The maximum Gasteiger partial charge on any atom is 0.0956 e. The van der Waals surface area contributed by atoms with E-state index in [1.54, 1.807) is 0 Å². The number of rotatable bonds is 3. The molecule has 0 bridgehead atoms. The van der Waals surface area contributed by atoms with Crippen molar-refractivity contribution in [3.05, 3.63) is 29.3 Å². The third kappa shape index (κ3) is 1.66. The Balaban J connectivity index is 1.92. The van der Waals surface area contributed by atoms with E-state index >= 15 is 0 Å². The summed E-state index contributed by atoms with van der Waals surface area (Å²) in [5, 5.41) is 4.68. The first-order chi connectivity index (χ1) is 7.31. The molecule has 1 N–H and O–H groups in total. The van der Waals surface area contributed by atoms with Crippen molar-refractivity contribution in [3.63, 3.8) is 0 Å². The molecular weight excluding hydrogens is 204 g/mol. The minimum Gasteiger partial charge on any atom is -0.314 e. The second-order valence-corrected chi connectivity index (χ2v) is 5.40. The van der Waals surface area contributed by atoms with Crippen LogP contribution in [0.25, 0.3) is 10.2 Å². The van der Waals surface area contributed by atoms with Gasteiger partial charge in [-0.2, -0.15) is 0 Å². The molecule has 0 aliphatic heterocycles. The molecule has 0 atom stereocenters. The van der Waals surface area contributed by atoms with Crippen molar-refractivity contribution in [2.24, 2.45) is 0 Å². The molecule has 0 saturated heterocycles. The number of hydrogen-bond donors (Lipinski definition) is 1. The second-order valence-electron chi connectivity index (χ2n) is 4.28. The molecule has 2 nitrogen and oxygen atoms in total. The van der Waals surface area contributed by atoms with Gasteiger partial charge in [-0.05, 0) is 32.0 Å². The lowest BCUT2D eigenvalue weighted by Crippen LogP contribution is -2.29. The number of nitrogens with zero attached hydrogens (tertiary/aromatic N) is 1. The molecule has 0 spiro atoms. The molecule has 3 rings (SSSR count). The van der Waals surface area contributed by atoms with Crippen molar-refractivity contribution in [1.82, 2.24) is 10.3 Å². The average molecular weight is 218 g/mol. The van der Waals surface area contributed by atoms with Gasteiger partial charge >= 0.3 is 0 Å². The molecule has 2 aromatic rings. The molecule has 0 unspecified atom stereocenters. The van der Waals surface area contributed by atoms with Crippen molar-refractivity contribution >= 4 is 21.6 Å². The van der Waals surface area contributed by atoms with Gasteiger partial charge in [0.25, 0.3) is 0 Å². The third-order valence-corrected chi connectivity index (χ3v) is 4.25. The molecule has 1 aliphatic rings. The van der Waals surface area contributed by atoms with Gasteiger partial charge in [-0.25, -0.2) is 4.98 Å². The van der Waals surface area contributed by atoms with Gasteiger partial charge in [-0.1, -0.05) is 12.1 Å². The molecule has 1 aliphatic carbocycles. The van der Waals surface area contributed by atoms with Crippen LogP contribution in [0.2, 0.25) is 0 Å². The zero-order valence-corrected chi connectivity index (χ0v) is 9.60. The topological polar surface area (TPSA) is 24.9 Å². The first kappa shape index (κ1) is 9.31. The van der Waals surface area contributed by atoms with Gasteiger partial charge in [0.2, 0.25) is 0 Å². The lowest BCUT2D eigenvalue weighted by molar-refractivity contribution is 0.548. The van der Waals surface area contributed by atoms with Gasteiger partial charge in [-0.15, -0.1) is 11.3 Å². The number of thiazole rings is 1. The van der Waals surface area contributed by atoms with E-state index in [4.69, 9.17) is 0 Å². The Morgan fingerprint density at radius 1 is 1.40 bits per heavy atom. The van der Waals surface area contributed by atoms with Crippen LogP contribution in [0.4, 0.5) is 0 Å². The van der Waals surface area contributed by atoms with Gasteiger partial charge in [0.05, 0.1) is 15.2 Å². The van der Waals surface area contributed by atoms with E-state index in [-0.39, 0.29) is 0 Å². The smallest absolute Gasteiger partial charge is 0.0956 e. The molecule has 1 aromatic carbocycles. The van der Waals surface area contributed by atoms with Crippen molar-refractivity contribution in [3.8, 4) is 0 Å². The predicted molar refractivity (Wildman–Crippen MR) is 64.3 cm³/mol. The number of hydrogen-bond acceptors (Lipinski definition) is 3. The molecule has 3 heteroatoms. The first-order valence-electron chi connectivity index (χ1n) is 5.35. The number of likely N-dealkylation sites (N-methyl/N-ethyl adjacent to an activating group) is 1. The van der Waals surface area contributed by atoms with E-state index in [1.165, 1.54) is 22.5 Å². The minimum absolute atomic E-state index is 0.369. The summed E-state index contributed by atoms with van der Waals surface area (Å²) in [6.07, 6.45) is 3.67. The maximum absolute atomic E-state index is 4.66. The fraction of sp³-hybridized carbons (Fsp3) is 0.417. The second kappa shape index (κ2) is 3.29. The van der Waals surface area contributed by atoms with E-state index < -0.39 is 0 Å². The molecule has 78 valence electrons. The standard InChI is InChI=1S/C12H14N2S/c1-13-12(6-7-12)8-11-14-9-4-2-3-5-10(9)15-11/h2-5,13H,6-8H2,1H3. The van der Waals surface area contributed by atoms with Crippen molar-refractivity contribution < 1.29 is 0 Å². The molecule has 1 aromatic heterocycles. The average Bonchev–Trinajstić information content (AvgIpc) is 2.91. The van der Waals surface area contributed by atoms with Crippen LogP contribution in [0.15, 0.2) is 24.3 Å². The Morgan fingerprint density at radius 3 is 2.87 bits per heavy atom. The zero-order valence-electron chi connectivity index (χ0n) is 8.79. The van der Waals surface area contributed by atoms with E-state index in [0.29, 0.717) is 5.54 Å². The first-order valence-corrected chi connectivity index (χ1v) is 6.16. The SMILES string of the molecule is CNC1(Cc2nc3ccccc3s2)CC1. The summed E-state index contributed by atoms with van der Waals surface area (Å²) in [6, 6.07) is 8.37. The highest BCUT2D eigenvalue weighted by Gasteiger charge is 2.41. The van der Waals surface area contributed by atoms with Crippen molar-refractivity contribution in [1.29, 1.82) is 0 Å². The van der Waals surface area contributed by atoms with Crippen LogP contribution in [0.3, 0.4) is 0 Å². The number of para-hydroxylation sites is 1. The van der Waals surface area contributed by atoms with Crippen LogP contribution in [-0.4, -0.2) is 17.6 Å².